The van der Waals surface area contributed by atoms with Crippen LogP contribution >= 0.6 is 0 Å². The maximum Gasteiger partial charge on any atom is 0.238 e. The van der Waals surface area contributed by atoms with Crippen molar-refractivity contribution in [2.45, 2.75) is 51.0 Å². The molecule has 24 heavy (non-hydrogen) atoms. The van der Waals surface area contributed by atoms with Crippen LogP contribution in [0.2, 0.25) is 0 Å². The van der Waals surface area contributed by atoms with E-state index in [0.717, 1.165) is 19.0 Å². The van der Waals surface area contributed by atoms with Crippen molar-refractivity contribution in [3.05, 3.63) is 24.3 Å². The minimum Gasteiger partial charge on any atom is -0.492 e. The summed E-state index contributed by atoms with van der Waals surface area (Å²) in [7, 11) is -3.65. The number of nitrogens with two attached hydrogens (primary N) is 1. The third kappa shape index (κ3) is 5.46. The number of ether oxygens (including phenoxy) is 1. The van der Waals surface area contributed by atoms with Crippen LogP contribution in [0, 0.1) is 11.8 Å². The molecule has 0 bridgehead atoms. The Bertz CT molecular complexity index is 614. The van der Waals surface area contributed by atoms with E-state index in [4.69, 9.17) is 9.88 Å². The molecule has 0 aromatic heterocycles. The molecule has 1 fully saturated rings. The number of hydrogen-bond donors (Lipinski definition) is 1. The van der Waals surface area contributed by atoms with Crippen LogP contribution in [-0.2, 0) is 10.0 Å². The molecule has 2 rings (SSSR count). The molecule has 2 atom stereocenters. The third-order valence-electron chi connectivity index (χ3n) is 4.90. The molecule has 5 nitrogen and oxygen atoms in total. The van der Waals surface area contributed by atoms with Crippen molar-refractivity contribution in [3.8, 4) is 5.75 Å². The highest BCUT2D eigenvalue weighted by atomic mass is 32.2. The number of likely N-dealkylation sites (tertiary alicyclic amines) is 1. The fourth-order valence-electron chi connectivity index (χ4n) is 3.37. The van der Waals surface area contributed by atoms with Crippen LogP contribution in [0.15, 0.2) is 29.2 Å². The summed E-state index contributed by atoms with van der Waals surface area (Å²) in [5, 5.41) is 5.10. The van der Waals surface area contributed by atoms with Crippen LogP contribution in [0.25, 0.3) is 0 Å². The molecule has 1 aromatic carbocycles. The highest BCUT2D eigenvalue weighted by Gasteiger charge is 2.25. The van der Waals surface area contributed by atoms with Crippen LogP contribution in [0.3, 0.4) is 0 Å². The summed E-state index contributed by atoms with van der Waals surface area (Å²) in [5.41, 5.74) is 0. The van der Waals surface area contributed by atoms with E-state index in [-0.39, 0.29) is 4.90 Å². The van der Waals surface area contributed by atoms with Gasteiger partial charge < -0.3 is 4.74 Å². The lowest BCUT2D eigenvalue weighted by molar-refractivity contribution is 0.131. The first-order chi connectivity index (χ1) is 11.3. The quantitative estimate of drug-likeness (QED) is 0.852. The van der Waals surface area contributed by atoms with Gasteiger partial charge in [-0.3, -0.25) is 4.90 Å². The molecule has 1 heterocycles. The first kappa shape index (κ1) is 19.2. The Labute approximate surface area is 146 Å². The van der Waals surface area contributed by atoms with Crippen molar-refractivity contribution in [2.75, 3.05) is 19.7 Å². The van der Waals surface area contributed by atoms with E-state index in [1.165, 1.54) is 31.4 Å². The van der Waals surface area contributed by atoms with E-state index in [1.807, 2.05) is 0 Å². The molecule has 0 amide bonds. The van der Waals surface area contributed by atoms with E-state index in [0.29, 0.717) is 24.3 Å². The van der Waals surface area contributed by atoms with Crippen molar-refractivity contribution in [2.24, 2.45) is 17.0 Å². The lowest BCUT2D eigenvalue weighted by Gasteiger charge is -2.32. The molecular formula is C18H30N2O3S. The van der Waals surface area contributed by atoms with Gasteiger partial charge in [-0.15, -0.1) is 0 Å². The molecule has 0 spiro atoms. The highest BCUT2D eigenvalue weighted by molar-refractivity contribution is 7.89. The smallest absolute Gasteiger partial charge is 0.238 e. The minimum atomic E-state index is -3.65. The van der Waals surface area contributed by atoms with Gasteiger partial charge in [0.2, 0.25) is 10.0 Å². The molecule has 1 aliphatic heterocycles. The first-order valence-electron chi connectivity index (χ1n) is 8.77. The Balaban J connectivity index is 1.89. The fraction of sp³-hybridized carbons (Fsp3) is 0.667. The van der Waals surface area contributed by atoms with Crippen LogP contribution in [0.4, 0.5) is 0 Å². The maximum atomic E-state index is 11.3. The van der Waals surface area contributed by atoms with E-state index in [9.17, 15) is 8.42 Å². The van der Waals surface area contributed by atoms with Gasteiger partial charge in [-0.05, 0) is 61.9 Å². The van der Waals surface area contributed by atoms with Gasteiger partial charge in [-0.25, -0.2) is 13.6 Å². The average Bonchev–Trinajstić information content (AvgIpc) is 2.69. The lowest BCUT2D eigenvalue weighted by Crippen LogP contribution is -2.40. The van der Waals surface area contributed by atoms with Gasteiger partial charge >= 0.3 is 0 Å². The lowest BCUT2D eigenvalue weighted by atomic mass is 9.95. The number of nitrogens with zero attached hydrogens (tertiary/aromatic N) is 1. The summed E-state index contributed by atoms with van der Waals surface area (Å²) < 4.78 is 28.3. The third-order valence-corrected chi connectivity index (χ3v) is 5.83. The van der Waals surface area contributed by atoms with Crippen LogP contribution in [-0.4, -0.2) is 39.1 Å². The number of benzene rings is 1. The summed E-state index contributed by atoms with van der Waals surface area (Å²) in [6.07, 6.45) is 3.80. The number of primary sulfonamides is 1. The van der Waals surface area contributed by atoms with Crippen LogP contribution in [0.5, 0.6) is 5.75 Å². The summed E-state index contributed by atoms with van der Waals surface area (Å²) in [6.45, 7) is 9.54. The van der Waals surface area contributed by atoms with E-state index < -0.39 is 10.0 Å². The molecule has 1 aliphatic rings. The monoisotopic (exact) mass is 354 g/mol. The van der Waals surface area contributed by atoms with Gasteiger partial charge in [0.1, 0.15) is 12.4 Å². The molecule has 0 aliphatic carbocycles. The summed E-state index contributed by atoms with van der Waals surface area (Å²) in [6, 6.07) is 6.89. The van der Waals surface area contributed by atoms with Crippen LogP contribution in [0.1, 0.15) is 40.0 Å². The molecule has 1 saturated heterocycles. The SMILES string of the molecule is CC1CCC(C(C)C)N(CCOc2ccc(S(N)(=O)=O)cc2)CC1. The Morgan fingerprint density at radius 3 is 2.46 bits per heavy atom. The van der Waals surface area contributed by atoms with Crippen molar-refractivity contribution in [3.63, 3.8) is 0 Å². The topological polar surface area (TPSA) is 72.6 Å². The van der Waals surface area contributed by atoms with Crippen molar-refractivity contribution < 1.29 is 13.2 Å². The van der Waals surface area contributed by atoms with Gasteiger partial charge in [-0.1, -0.05) is 20.8 Å². The number of sulfonamides is 1. The summed E-state index contributed by atoms with van der Waals surface area (Å²) in [4.78, 5) is 2.66. The van der Waals surface area contributed by atoms with Crippen molar-refractivity contribution in [1.82, 2.24) is 4.90 Å². The first-order valence-corrected chi connectivity index (χ1v) is 10.3. The summed E-state index contributed by atoms with van der Waals surface area (Å²) in [5.74, 6) is 2.11. The molecule has 2 N–H and O–H groups in total. The second-order valence-electron chi connectivity index (χ2n) is 7.18. The Morgan fingerprint density at radius 1 is 1.21 bits per heavy atom. The van der Waals surface area contributed by atoms with E-state index in [2.05, 4.69) is 25.7 Å². The van der Waals surface area contributed by atoms with E-state index >= 15 is 0 Å². The van der Waals surface area contributed by atoms with Gasteiger partial charge in [0.05, 0.1) is 4.90 Å². The molecular weight excluding hydrogens is 324 g/mol. The summed E-state index contributed by atoms with van der Waals surface area (Å²) >= 11 is 0. The van der Waals surface area contributed by atoms with Gasteiger partial charge in [-0.2, -0.15) is 0 Å². The Hall–Kier alpha value is -1.11. The predicted molar refractivity (Wildman–Crippen MR) is 96.5 cm³/mol. The van der Waals surface area contributed by atoms with Gasteiger partial charge in [0.15, 0.2) is 0 Å². The number of hydrogen-bond acceptors (Lipinski definition) is 4. The Morgan fingerprint density at radius 2 is 1.88 bits per heavy atom. The number of rotatable bonds is 6. The van der Waals surface area contributed by atoms with E-state index in [1.54, 1.807) is 12.1 Å². The molecule has 2 unspecified atom stereocenters. The minimum absolute atomic E-state index is 0.108. The fourth-order valence-corrected chi connectivity index (χ4v) is 3.89. The zero-order valence-corrected chi connectivity index (χ0v) is 15.8. The maximum absolute atomic E-state index is 11.3. The zero-order valence-electron chi connectivity index (χ0n) is 14.9. The normalized spacial score (nSPS) is 23.2. The molecule has 1 aromatic rings. The van der Waals surface area contributed by atoms with Crippen LogP contribution < -0.4 is 9.88 Å². The predicted octanol–water partition coefficient (Wildman–Crippen LogP) is 2.86. The van der Waals surface area contributed by atoms with Gasteiger partial charge in [0.25, 0.3) is 0 Å². The largest absolute Gasteiger partial charge is 0.492 e. The van der Waals surface area contributed by atoms with Gasteiger partial charge in [0, 0.05) is 12.6 Å². The standard InChI is InChI=1S/C18H30N2O3S/c1-14(2)18-9-4-15(3)10-11-20(18)12-13-23-16-5-7-17(8-6-16)24(19,21)22/h5-8,14-15,18H,4,9-13H2,1-3H3,(H2,19,21,22). The zero-order chi connectivity index (χ0) is 17.7. The molecule has 0 radical (unpaired) electrons. The molecule has 136 valence electrons. The molecule has 0 saturated carbocycles. The second kappa shape index (κ2) is 8.32. The van der Waals surface area contributed by atoms with Crippen molar-refractivity contribution >= 4 is 10.0 Å². The highest BCUT2D eigenvalue weighted by Crippen LogP contribution is 2.25. The van der Waals surface area contributed by atoms with Crippen molar-refractivity contribution in [1.29, 1.82) is 0 Å². The molecule has 6 heteroatoms. The Kier molecular flexibility index (Phi) is 6.66. The second-order valence-corrected chi connectivity index (χ2v) is 8.74. The average molecular weight is 355 g/mol.